The number of hydrogen-bond donors (Lipinski definition) is 0. The molecule has 7 aromatic rings. The Morgan fingerprint density at radius 2 is 1.41 bits per heavy atom. The second-order valence-electron chi connectivity index (χ2n) is 8.45. The van der Waals surface area contributed by atoms with Crippen molar-refractivity contribution < 1.29 is 4.42 Å². The Morgan fingerprint density at radius 3 is 2.29 bits per heavy atom. The van der Waals surface area contributed by atoms with Crippen LogP contribution in [0.5, 0.6) is 0 Å². The summed E-state index contributed by atoms with van der Waals surface area (Å²) in [5, 5.41) is 7.58. The highest BCUT2D eigenvalue weighted by molar-refractivity contribution is 6.24. The van der Waals surface area contributed by atoms with Crippen LogP contribution in [0.1, 0.15) is 0 Å². The lowest BCUT2D eigenvalue weighted by atomic mass is 10.0. The van der Waals surface area contributed by atoms with E-state index in [1.165, 1.54) is 0 Å². The van der Waals surface area contributed by atoms with Gasteiger partial charge >= 0.3 is 0 Å². The molecule has 34 heavy (non-hydrogen) atoms. The molecule has 160 valence electrons. The number of fused-ring (bicyclic) bond motifs is 7. The normalized spacial score (nSPS) is 11.6. The molecule has 0 aliphatic rings. The molecule has 4 heteroatoms. The average Bonchev–Trinajstić information content (AvgIpc) is 3.44. The summed E-state index contributed by atoms with van der Waals surface area (Å²) in [6, 6.07) is 36.6. The third kappa shape index (κ3) is 2.60. The standard InChI is InChI=1S/C30H18N2O2/c33-31-25-12-6-4-10-21(25)19-14-16-26-24(18-19)29-27(32(26)20-8-2-1-3-9-20)17-15-23-22-11-5-7-13-28(22)34-30(23)29/h1-18H. The molecule has 0 unspecified atom stereocenters. The first-order valence-electron chi connectivity index (χ1n) is 11.2. The zero-order valence-electron chi connectivity index (χ0n) is 18.1. The second kappa shape index (κ2) is 7.15. The van der Waals surface area contributed by atoms with E-state index in [1.807, 2.05) is 54.6 Å². The first kappa shape index (κ1) is 18.8. The van der Waals surface area contributed by atoms with Crippen LogP contribution < -0.4 is 0 Å². The number of hydrogen-bond acceptors (Lipinski definition) is 3. The molecule has 2 aromatic heterocycles. The molecule has 0 aliphatic heterocycles. The van der Waals surface area contributed by atoms with Gasteiger partial charge in [-0.15, -0.1) is 4.91 Å². The van der Waals surface area contributed by atoms with Gasteiger partial charge in [0, 0.05) is 27.4 Å². The molecule has 4 nitrogen and oxygen atoms in total. The number of furan rings is 1. The molecule has 7 rings (SSSR count). The van der Waals surface area contributed by atoms with Crippen LogP contribution in [-0.4, -0.2) is 4.57 Å². The number of rotatable bonds is 3. The predicted octanol–water partition coefficient (Wildman–Crippen LogP) is 8.75. The molecule has 0 atom stereocenters. The minimum Gasteiger partial charge on any atom is -0.455 e. The number of para-hydroxylation sites is 2. The maximum absolute atomic E-state index is 11.5. The minimum atomic E-state index is 0.433. The fourth-order valence-electron chi connectivity index (χ4n) is 5.11. The molecular weight excluding hydrogens is 420 g/mol. The maximum atomic E-state index is 11.5. The molecule has 0 radical (unpaired) electrons. The lowest BCUT2D eigenvalue weighted by Gasteiger charge is -2.08. The molecule has 5 aromatic carbocycles. The lowest BCUT2D eigenvalue weighted by Crippen LogP contribution is -1.92. The van der Waals surface area contributed by atoms with Crippen molar-refractivity contribution >= 4 is 49.4 Å². The van der Waals surface area contributed by atoms with E-state index < -0.39 is 0 Å². The van der Waals surface area contributed by atoms with Gasteiger partial charge in [-0.3, -0.25) is 0 Å². The van der Waals surface area contributed by atoms with E-state index in [0.717, 1.165) is 60.6 Å². The topological polar surface area (TPSA) is 47.5 Å². The van der Waals surface area contributed by atoms with Gasteiger partial charge in [0.25, 0.3) is 0 Å². The Labute approximate surface area is 194 Å². The third-order valence-electron chi connectivity index (χ3n) is 6.60. The van der Waals surface area contributed by atoms with Crippen LogP contribution in [0.4, 0.5) is 5.69 Å². The van der Waals surface area contributed by atoms with Crippen LogP contribution in [0.25, 0.3) is 60.6 Å². The third-order valence-corrected chi connectivity index (χ3v) is 6.60. The molecule has 0 saturated carbocycles. The van der Waals surface area contributed by atoms with Crippen molar-refractivity contribution in [2.45, 2.75) is 0 Å². The first-order chi connectivity index (χ1) is 16.8. The van der Waals surface area contributed by atoms with E-state index in [9.17, 15) is 4.91 Å². The largest absolute Gasteiger partial charge is 0.455 e. The van der Waals surface area contributed by atoms with E-state index in [1.54, 1.807) is 6.07 Å². The highest BCUT2D eigenvalue weighted by Gasteiger charge is 2.19. The fraction of sp³-hybridized carbons (Fsp3) is 0. The van der Waals surface area contributed by atoms with E-state index in [-0.39, 0.29) is 0 Å². The Hall–Kier alpha value is -4.70. The van der Waals surface area contributed by atoms with E-state index >= 15 is 0 Å². The van der Waals surface area contributed by atoms with E-state index in [0.29, 0.717) is 5.69 Å². The van der Waals surface area contributed by atoms with Gasteiger partial charge in [-0.1, -0.05) is 60.7 Å². The van der Waals surface area contributed by atoms with Gasteiger partial charge in [-0.05, 0) is 59.3 Å². The minimum absolute atomic E-state index is 0.433. The smallest absolute Gasteiger partial charge is 0.145 e. The Balaban J connectivity index is 1.66. The van der Waals surface area contributed by atoms with Gasteiger partial charge in [-0.25, -0.2) is 0 Å². The van der Waals surface area contributed by atoms with Gasteiger partial charge < -0.3 is 8.98 Å². The van der Waals surface area contributed by atoms with Crippen LogP contribution in [-0.2, 0) is 0 Å². The highest BCUT2D eigenvalue weighted by Crippen LogP contribution is 2.42. The van der Waals surface area contributed by atoms with E-state index in [4.69, 9.17) is 4.42 Å². The summed E-state index contributed by atoms with van der Waals surface area (Å²) in [5.74, 6) is 0. The number of benzene rings is 5. The Morgan fingerprint density at radius 1 is 0.647 bits per heavy atom. The summed E-state index contributed by atoms with van der Waals surface area (Å²) in [6.45, 7) is 0. The summed E-state index contributed by atoms with van der Waals surface area (Å²) in [5.41, 5.74) is 7.18. The van der Waals surface area contributed by atoms with Crippen molar-refractivity contribution in [2.75, 3.05) is 0 Å². The molecule has 0 amide bonds. The summed E-state index contributed by atoms with van der Waals surface area (Å²) >= 11 is 0. The van der Waals surface area contributed by atoms with Crippen LogP contribution in [0.15, 0.2) is 119 Å². The number of nitroso groups, excluding NO2 is 1. The number of aromatic nitrogens is 1. The van der Waals surface area contributed by atoms with Crippen LogP contribution >= 0.6 is 0 Å². The van der Waals surface area contributed by atoms with Crippen molar-refractivity contribution in [1.29, 1.82) is 0 Å². The summed E-state index contributed by atoms with van der Waals surface area (Å²) in [4.78, 5) is 11.5. The van der Waals surface area contributed by atoms with Gasteiger partial charge in [0.2, 0.25) is 0 Å². The Bertz CT molecular complexity index is 1880. The van der Waals surface area contributed by atoms with Crippen LogP contribution in [0.2, 0.25) is 0 Å². The van der Waals surface area contributed by atoms with Crippen molar-refractivity contribution in [3.8, 4) is 16.8 Å². The average molecular weight is 438 g/mol. The van der Waals surface area contributed by atoms with Crippen molar-refractivity contribution in [3.05, 3.63) is 114 Å². The quantitative estimate of drug-likeness (QED) is 0.259. The Kier molecular flexibility index (Phi) is 3.96. The molecule has 0 saturated heterocycles. The van der Waals surface area contributed by atoms with Crippen molar-refractivity contribution in [3.63, 3.8) is 0 Å². The van der Waals surface area contributed by atoms with Crippen molar-refractivity contribution in [2.24, 2.45) is 5.18 Å². The van der Waals surface area contributed by atoms with Gasteiger partial charge in [0.15, 0.2) is 0 Å². The molecule has 0 spiro atoms. The fourth-order valence-corrected chi connectivity index (χ4v) is 5.11. The lowest BCUT2D eigenvalue weighted by molar-refractivity contribution is 0.673. The second-order valence-corrected chi connectivity index (χ2v) is 8.45. The molecule has 0 N–H and O–H groups in total. The molecular formula is C30H18N2O2. The monoisotopic (exact) mass is 438 g/mol. The van der Waals surface area contributed by atoms with Gasteiger partial charge in [0.05, 0.1) is 16.4 Å². The highest BCUT2D eigenvalue weighted by atomic mass is 16.3. The van der Waals surface area contributed by atoms with Gasteiger partial charge in [0.1, 0.15) is 16.9 Å². The molecule has 0 fully saturated rings. The van der Waals surface area contributed by atoms with Crippen LogP contribution in [0, 0.1) is 4.91 Å². The SMILES string of the molecule is O=Nc1ccccc1-c1ccc2c(c1)c1c3oc4ccccc4c3ccc1n2-c1ccccc1. The van der Waals surface area contributed by atoms with Crippen molar-refractivity contribution in [1.82, 2.24) is 4.57 Å². The maximum Gasteiger partial charge on any atom is 0.145 e. The summed E-state index contributed by atoms with van der Waals surface area (Å²) in [7, 11) is 0. The van der Waals surface area contributed by atoms with Gasteiger partial charge in [-0.2, -0.15) is 0 Å². The first-order valence-corrected chi connectivity index (χ1v) is 11.2. The molecule has 2 heterocycles. The molecule has 0 aliphatic carbocycles. The molecule has 0 bridgehead atoms. The summed E-state index contributed by atoms with van der Waals surface area (Å²) in [6.07, 6.45) is 0. The van der Waals surface area contributed by atoms with Crippen LogP contribution in [0.3, 0.4) is 0 Å². The van der Waals surface area contributed by atoms with E-state index in [2.05, 4.69) is 58.3 Å². The zero-order valence-corrected chi connectivity index (χ0v) is 18.1. The summed E-state index contributed by atoms with van der Waals surface area (Å²) < 4.78 is 8.70. The predicted molar refractivity (Wildman–Crippen MR) is 139 cm³/mol. The zero-order chi connectivity index (χ0) is 22.6. The number of nitrogens with zero attached hydrogens (tertiary/aromatic N) is 2.